The molecular weight excluding hydrogens is 302 g/mol. The van der Waals surface area contributed by atoms with Gasteiger partial charge in [-0.05, 0) is 50.7 Å². The van der Waals surface area contributed by atoms with E-state index in [-0.39, 0.29) is 19.0 Å². The smallest absolute Gasteiger partial charge is 0.232 e. The van der Waals surface area contributed by atoms with E-state index in [1.807, 2.05) is 6.20 Å². The van der Waals surface area contributed by atoms with Crippen LogP contribution in [0.3, 0.4) is 0 Å². The predicted octanol–water partition coefficient (Wildman–Crippen LogP) is -2.45. The third-order valence-corrected chi connectivity index (χ3v) is 3.77. The van der Waals surface area contributed by atoms with Crippen molar-refractivity contribution in [2.24, 2.45) is 0 Å². The lowest BCUT2D eigenvalue weighted by molar-refractivity contribution is -0.688. The van der Waals surface area contributed by atoms with Crippen LogP contribution in [0.5, 0.6) is 5.88 Å². The number of hydrogen-bond donors (Lipinski definition) is 2. The highest BCUT2D eigenvalue weighted by Gasteiger charge is 2.19. The van der Waals surface area contributed by atoms with Gasteiger partial charge in [-0.15, -0.1) is 0 Å². The molecule has 0 bridgehead atoms. The van der Waals surface area contributed by atoms with Crippen molar-refractivity contribution in [1.82, 2.24) is 4.98 Å². The maximum absolute atomic E-state index is 9.89. The Bertz CT molecular complexity index is 529. The zero-order chi connectivity index (χ0) is 15.2. The number of nitrogens with zero attached hydrogens (tertiary/aromatic N) is 2. The van der Waals surface area contributed by atoms with Gasteiger partial charge in [0.15, 0.2) is 0 Å². The van der Waals surface area contributed by atoms with Gasteiger partial charge in [-0.3, -0.25) is 0 Å². The Morgan fingerprint density at radius 1 is 1.41 bits per heavy atom. The van der Waals surface area contributed by atoms with Crippen LogP contribution >= 0.6 is 0 Å². The number of aryl methyl sites for hydroxylation is 1. The molecule has 1 aliphatic carbocycles. The Morgan fingerprint density at radius 3 is 2.82 bits per heavy atom. The average molecular weight is 326 g/mol. The van der Waals surface area contributed by atoms with E-state index in [9.17, 15) is 10.4 Å². The van der Waals surface area contributed by atoms with Gasteiger partial charge in [-0.2, -0.15) is 5.26 Å². The number of pyridine rings is 1. The zero-order valence-electron chi connectivity index (χ0n) is 13.2. The van der Waals surface area contributed by atoms with Crippen molar-refractivity contribution in [2.45, 2.75) is 51.7 Å². The van der Waals surface area contributed by atoms with Crippen LogP contribution in [0.1, 0.15) is 43.4 Å². The van der Waals surface area contributed by atoms with E-state index in [1.54, 1.807) is 0 Å². The molecule has 0 fully saturated rings. The molecule has 3 N–H and O–H groups in total. The fraction of sp³-hybridized carbons (Fsp3) is 0.625. The summed E-state index contributed by atoms with van der Waals surface area (Å²) < 4.78 is 5.58. The van der Waals surface area contributed by atoms with Crippen LogP contribution in [-0.2, 0) is 12.8 Å². The van der Waals surface area contributed by atoms with Crippen molar-refractivity contribution in [3.8, 4) is 11.9 Å². The highest BCUT2D eigenvalue weighted by Crippen LogP contribution is 2.28. The minimum absolute atomic E-state index is 0. The van der Waals surface area contributed by atoms with Crippen LogP contribution in [0.2, 0.25) is 0 Å². The van der Waals surface area contributed by atoms with Gasteiger partial charge < -0.3 is 27.6 Å². The first kappa shape index (κ1) is 18.7. The third kappa shape index (κ3) is 4.84. The molecule has 0 saturated heterocycles. The molecule has 2 rings (SSSR count). The maximum atomic E-state index is 9.89. The molecule has 1 aliphatic rings. The highest BCUT2D eigenvalue weighted by molar-refractivity contribution is 5.49. The van der Waals surface area contributed by atoms with Gasteiger partial charge in [-0.1, -0.05) is 0 Å². The lowest BCUT2D eigenvalue weighted by Crippen LogP contribution is -3.00. The number of nitrogens with two attached hydrogens (primary N) is 1. The zero-order valence-corrected chi connectivity index (χ0v) is 13.9. The van der Waals surface area contributed by atoms with Crippen LogP contribution < -0.4 is 22.5 Å². The average Bonchev–Trinajstić information content (AvgIpc) is 2.50. The van der Waals surface area contributed by atoms with Gasteiger partial charge in [0.05, 0.1) is 6.04 Å². The lowest BCUT2D eigenvalue weighted by Gasteiger charge is -2.19. The molecule has 0 radical (unpaired) electrons. The van der Waals surface area contributed by atoms with E-state index in [1.165, 1.54) is 5.56 Å². The van der Waals surface area contributed by atoms with Gasteiger partial charge in [0.1, 0.15) is 30.9 Å². The first-order chi connectivity index (χ1) is 10.1. The summed E-state index contributed by atoms with van der Waals surface area (Å²) >= 11 is 0. The number of aromatic nitrogens is 1. The van der Waals surface area contributed by atoms with E-state index < -0.39 is 6.10 Å². The predicted molar refractivity (Wildman–Crippen MR) is 79.0 cm³/mol. The van der Waals surface area contributed by atoms with Gasteiger partial charge in [0.2, 0.25) is 5.88 Å². The van der Waals surface area contributed by atoms with Crippen molar-refractivity contribution in [3.63, 3.8) is 0 Å². The van der Waals surface area contributed by atoms with E-state index >= 15 is 0 Å². The molecule has 1 aromatic heterocycles. The number of aliphatic hydroxyl groups excluding tert-OH is 1. The van der Waals surface area contributed by atoms with Crippen molar-refractivity contribution in [1.29, 1.82) is 5.26 Å². The molecule has 1 unspecified atom stereocenters. The molecule has 0 amide bonds. The van der Waals surface area contributed by atoms with E-state index in [4.69, 9.17) is 4.74 Å². The number of halogens is 1. The SMILES string of the molecule is CC(C)[NH2+]CC(O)COc1ncc2c(c1C#N)CCCC2.[Cl-]. The van der Waals surface area contributed by atoms with Crippen LogP contribution in [0.25, 0.3) is 0 Å². The minimum atomic E-state index is -0.559. The van der Waals surface area contributed by atoms with Crippen molar-refractivity contribution in [2.75, 3.05) is 13.2 Å². The van der Waals surface area contributed by atoms with Crippen molar-refractivity contribution in [3.05, 3.63) is 22.9 Å². The Balaban J connectivity index is 0.00000242. The molecule has 0 aliphatic heterocycles. The Kier molecular flexibility index (Phi) is 7.60. The van der Waals surface area contributed by atoms with Crippen LogP contribution in [0, 0.1) is 11.3 Å². The fourth-order valence-electron chi connectivity index (χ4n) is 2.58. The molecule has 5 nitrogen and oxygen atoms in total. The monoisotopic (exact) mass is 325 g/mol. The minimum Gasteiger partial charge on any atom is -1.00 e. The topological polar surface area (TPSA) is 82.8 Å². The highest BCUT2D eigenvalue weighted by atomic mass is 35.5. The summed E-state index contributed by atoms with van der Waals surface area (Å²) in [7, 11) is 0. The second-order valence-corrected chi connectivity index (χ2v) is 5.94. The molecule has 1 atom stereocenters. The number of hydrogen-bond acceptors (Lipinski definition) is 4. The molecule has 22 heavy (non-hydrogen) atoms. The standard InChI is InChI=1S/C16H23N3O2.ClH/c1-11(2)18-9-13(20)10-21-16-15(7-17)14-6-4-3-5-12(14)8-19-16;/h8,11,13,18,20H,3-6,9-10H2,1-2H3;1H. The molecule has 6 heteroatoms. The normalized spacial score (nSPS) is 14.7. The van der Waals surface area contributed by atoms with Gasteiger partial charge in [0, 0.05) is 6.20 Å². The van der Waals surface area contributed by atoms with Crippen molar-refractivity contribution < 1.29 is 27.6 Å². The molecule has 122 valence electrons. The molecule has 1 aromatic rings. The molecular formula is C16H24ClN3O2. The number of fused-ring (bicyclic) bond motifs is 1. The third-order valence-electron chi connectivity index (χ3n) is 3.77. The second kappa shape index (κ2) is 8.94. The summed E-state index contributed by atoms with van der Waals surface area (Å²) in [6.45, 7) is 4.91. The van der Waals surface area contributed by atoms with Gasteiger partial charge in [-0.25, -0.2) is 4.98 Å². The number of nitriles is 1. The second-order valence-electron chi connectivity index (χ2n) is 5.94. The van der Waals surface area contributed by atoms with Gasteiger partial charge >= 0.3 is 0 Å². The number of ether oxygens (including phenoxy) is 1. The molecule has 0 aromatic carbocycles. The summed E-state index contributed by atoms with van der Waals surface area (Å²) in [5.74, 6) is 0.363. The first-order valence-corrected chi connectivity index (χ1v) is 7.66. The molecule has 0 spiro atoms. The molecule has 1 heterocycles. The summed E-state index contributed by atoms with van der Waals surface area (Å²) in [4.78, 5) is 4.26. The summed E-state index contributed by atoms with van der Waals surface area (Å²) in [6.07, 6.45) is 5.43. The number of rotatable bonds is 6. The van der Waals surface area contributed by atoms with Gasteiger partial charge in [0.25, 0.3) is 0 Å². The van der Waals surface area contributed by atoms with Crippen LogP contribution in [-0.4, -0.2) is 35.4 Å². The number of aliphatic hydroxyl groups is 1. The summed E-state index contributed by atoms with van der Waals surface area (Å²) in [5, 5.41) is 21.3. The van der Waals surface area contributed by atoms with E-state index in [0.29, 0.717) is 24.0 Å². The maximum Gasteiger partial charge on any atom is 0.232 e. The van der Waals surface area contributed by atoms with E-state index in [0.717, 1.165) is 31.2 Å². The van der Waals surface area contributed by atoms with Crippen molar-refractivity contribution >= 4 is 0 Å². The summed E-state index contributed by atoms with van der Waals surface area (Å²) in [6, 6.07) is 2.66. The van der Waals surface area contributed by atoms with Crippen LogP contribution in [0.15, 0.2) is 6.20 Å². The van der Waals surface area contributed by atoms with E-state index in [2.05, 4.69) is 30.2 Å². The fourth-order valence-corrected chi connectivity index (χ4v) is 2.58. The molecule has 0 saturated carbocycles. The number of quaternary nitrogens is 1. The summed E-state index contributed by atoms with van der Waals surface area (Å²) in [5.41, 5.74) is 2.79. The quantitative estimate of drug-likeness (QED) is 0.608. The lowest BCUT2D eigenvalue weighted by atomic mass is 9.90. The Labute approximate surface area is 138 Å². The Morgan fingerprint density at radius 2 is 2.14 bits per heavy atom. The first-order valence-electron chi connectivity index (χ1n) is 7.66. The van der Waals surface area contributed by atoms with Crippen LogP contribution in [0.4, 0.5) is 0 Å². The Hall–Kier alpha value is -1.35. The largest absolute Gasteiger partial charge is 1.00 e.